The molecule has 1 unspecified atom stereocenters. The van der Waals surface area contributed by atoms with Crippen molar-refractivity contribution in [2.75, 3.05) is 6.61 Å². The fraction of sp³-hybridized carbons (Fsp3) is 0.462. The molecule has 1 aromatic carbocycles. The van der Waals surface area contributed by atoms with Gasteiger partial charge >= 0.3 is 5.97 Å². The number of hydrogen-bond donors (Lipinski definition) is 2. The molecule has 0 spiro atoms. The molecule has 18 heavy (non-hydrogen) atoms. The van der Waals surface area contributed by atoms with Crippen LogP contribution in [0.1, 0.15) is 32.4 Å². The maximum Gasteiger partial charge on any atom is 0.312 e. The molecule has 0 radical (unpaired) electrons. The predicted octanol–water partition coefficient (Wildman–Crippen LogP) is 2.37. The van der Waals surface area contributed by atoms with Crippen molar-refractivity contribution >= 4 is 5.97 Å². The highest BCUT2D eigenvalue weighted by Crippen LogP contribution is 2.24. The third-order valence-electron chi connectivity index (χ3n) is 2.61. The zero-order valence-corrected chi connectivity index (χ0v) is 10.6. The molecular weight excluding hydrogens is 239 g/mol. The van der Waals surface area contributed by atoms with Crippen molar-refractivity contribution < 1.29 is 24.1 Å². The summed E-state index contributed by atoms with van der Waals surface area (Å²) >= 11 is 0. The van der Waals surface area contributed by atoms with Gasteiger partial charge in [-0.25, -0.2) is 4.39 Å². The molecule has 2 N–H and O–H groups in total. The zero-order chi connectivity index (χ0) is 13.9. The van der Waals surface area contributed by atoms with E-state index in [9.17, 15) is 14.3 Å². The van der Waals surface area contributed by atoms with Gasteiger partial charge in [0.15, 0.2) is 11.6 Å². The van der Waals surface area contributed by atoms with E-state index in [1.807, 2.05) is 0 Å². The molecule has 0 saturated heterocycles. The summed E-state index contributed by atoms with van der Waals surface area (Å²) < 4.78 is 18.8. The highest BCUT2D eigenvalue weighted by Gasteiger charge is 2.28. The molecule has 0 aliphatic rings. The molecule has 0 aliphatic carbocycles. The second kappa shape index (κ2) is 5.35. The molecule has 1 atom stereocenters. The number of aliphatic hydroxyl groups is 1. The maximum atomic E-state index is 13.6. The van der Waals surface area contributed by atoms with Crippen molar-refractivity contribution in [1.29, 1.82) is 0 Å². The number of carboxylic acid groups (broad SMARTS) is 1. The van der Waals surface area contributed by atoms with Crippen LogP contribution in [0, 0.1) is 11.2 Å². The Morgan fingerprint density at radius 2 is 2.11 bits per heavy atom. The van der Waals surface area contributed by atoms with Crippen molar-refractivity contribution in [1.82, 2.24) is 0 Å². The first kappa shape index (κ1) is 14.4. The van der Waals surface area contributed by atoms with Crippen LogP contribution in [0.25, 0.3) is 0 Å². The summed E-state index contributed by atoms with van der Waals surface area (Å²) in [5, 5.41) is 18.2. The quantitative estimate of drug-likeness (QED) is 0.848. The largest absolute Gasteiger partial charge is 0.489 e. The van der Waals surface area contributed by atoms with Crippen molar-refractivity contribution in [3.63, 3.8) is 0 Å². The Morgan fingerprint density at radius 3 is 2.56 bits per heavy atom. The Morgan fingerprint density at radius 1 is 1.50 bits per heavy atom. The zero-order valence-electron chi connectivity index (χ0n) is 10.6. The summed E-state index contributed by atoms with van der Waals surface area (Å²) in [6, 6.07) is 4.10. The number of rotatable bonds is 5. The summed E-state index contributed by atoms with van der Waals surface area (Å²) in [6.07, 6.45) is -0.760. The van der Waals surface area contributed by atoms with E-state index in [2.05, 4.69) is 0 Å². The van der Waals surface area contributed by atoms with Crippen LogP contribution in [0.3, 0.4) is 0 Å². The van der Waals surface area contributed by atoms with E-state index < -0.39 is 23.3 Å². The van der Waals surface area contributed by atoms with Gasteiger partial charge in [0.25, 0.3) is 0 Å². The molecule has 0 heterocycles. The van der Waals surface area contributed by atoms with Gasteiger partial charge in [-0.15, -0.1) is 0 Å². The molecule has 5 heteroatoms. The van der Waals surface area contributed by atoms with Crippen LogP contribution in [-0.4, -0.2) is 22.8 Å². The molecular formula is C13H17FO4. The van der Waals surface area contributed by atoms with Gasteiger partial charge in [-0.05, 0) is 38.5 Å². The first-order valence-electron chi connectivity index (χ1n) is 5.58. The third-order valence-corrected chi connectivity index (χ3v) is 2.61. The van der Waals surface area contributed by atoms with E-state index in [0.29, 0.717) is 5.56 Å². The minimum atomic E-state index is -1.09. The molecule has 0 fully saturated rings. The minimum absolute atomic E-state index is 0.0197. The number of carboxylic acids is 1. The summed E-state index contributed by atoms with van der Waals surface area (Å²) in [7, 11) is 0. The summed E-state index contributed by atoms with van der Waals surface area (Å²) in [6.45, 7) is 4.39. The Labute approximate surface area is 105 Å². The van der Waals surface area contributed by atoms with Crippen molar-refractivity contribution in [3.05, 3.63) is 29.6 Å². The van der Waals surface area contributed by atoms with Gasteiger partial charge < -0.3 is 14.9 Å². The number of aliphatic carboxylic acids is 1. The fourth-order valence-electron chi connectivity index (χ4n) is 1.21. The molecule has 100 valence electrons. The molecule has 0 bridgehead atoms. The second-order valence-electron chi connectivity index (χ2n) is 4.84. The third kappa shape index (κ3) is 3.43. The highest BCUT2D eigenvalue weighted by molar-refractivity contribution is 5.73. The molecule has 0 saturated carbocycles. The summed E-state index contributed by atoms with van der Waals surface area (Å²) in [4.78, 5) is 10.9. The molecule has 1 aromatic rings. The van der Waals surface area contributed by atoms with E-state index in [0.717, 1.165) is 0 Å². The minimum Gasteiger partial charge on any atom is -0.489 e. The van der Waals surface area contributed by atoms with Crippen LogP contribution in [0.5, 0.6) is 5.75 Å². The molecule has 4 nitrogen and oxygen atoms in total. The number of halogens is 1. The van der Waals surface area contributed by atoms with E-state index in [1.54, 1.807) is 0 Å². The summed E-state index contributed by atoms with van der Waals surface area (Å²) in [5.74, 6) is -1.65. The molecule has 1 rings (SSSR count). The van der Waals surface area contributed by atoms with E-state index >= 15 is 0 Å². The van der Waals surface area contributed by atoms with Crippen molar-refractivity contribution in [2.45, 2.75) is 26.9 Å². The van der Waals surface area contributed by atoms with E-state index in [1.165, 1.54) is 39.0 Å². The smallest absolute Gasteiger partial charge is 0.312 e. The average Bonchev–Trinajstić information content (AvgIpc) is 2.26. The lowest BCUT2D eigenvalue weighted by molar-refractivity contribution is -0.148. The number of benzene rings is 1. The highest BCUT2D eigenvalue weighted by atomic mass is 19.1. The van der Waals surface area contributed by atoms with Crippen LogP contribution in [-0.2, 0) is 4.79 Å². The van der Waals surface area contributed by atoms with Crippen LogP contribution in [0.15, 0.2) is 18.2 Å². The normalized spacial score (nSPS) is 13.2. The summed E-state index contributed by atoms with van der Waals surface area (Å²) in [5.41, 5.74) is -0.646. The maximum absolute atomic E-state index is 13.6. The lowest BCUT2D eigenvalue weighted by atomic mass is 9.95. The lowest BCUT2D eigenvalue weighted by Crippen LogP contribution is -2.30. The van der Waals surface area contributed by atoms with Crippen molar-refractivity contribution in [3.8, 4) is 5.75 Å². The molecule has 0 aliphatic heterocycles. The van der Waals surface area contributed by atoms with Gasteiger partial charge in [0.05, 0.1) is 11.5 Å². The van der Waals surface area contributed by atoms with Crippen LogP contribution in [0.4, 0.5) is 4.39 Å². The number of hydrogen-bond acceptors (Lipinski definition) is 3. The number of aliphatic hydroxyl groups excluding tert-OH is 1. The first-order chi connectivity index (χ1) is 8.24. The SMILES string of the molecule is CC(O)c1ccc(OCC(C)(C)C(=O)O)c(F)c1. The fourth-order valence-corrected chi connectivity index (χ4v) is 1.21. The first-order valence-corrected chi connectivity index (χ1v) is 5.58. The Kier molecular flexibility index (Phi) is 4.29. The Bertz CT molecular complexity index is 441. The molecule has 0 aromatic heterocycles. The predicted molar refractivity (Wildman–Crippen MR) is 63.9 cm³/mol. The van der Waals surface area contributed by atoms with Gasteiger partial charge in [0.1, 0.15) is 6.61 Å². The second-order valence-corrected chi connectivity index (χ2v) is 4.84. The van der Waals surface area contributed by atoms with Crippen LogP contribution in [0.2, 0.25) is 0 Å². The number of carbonyl (C=O) groups is 1. The monoisotopic (exact) mass is 256 g/mol. The standard InChI is InChI=1S/C13H17FO4/c1-8(15)9-4-5-11(10(14)6-9)18-7-13(2,3)12(16)17/h4-6,8,15H,7H2,1-3H3,(H,16,17). The topological polar surface area (TPSA) is 66.8 Å². The van der Waals surface area contributed by atoms with E-state index in [-0.39, 0.29) is 12.4 Å². The van der Waals surface area contributed by atoms with Crippen LogP contribution < -0.4 is 4.74 Å². The van der Waals surface area contributed by atoms with Crippen LogP contribution >= 0.6 is 0 Å². The lowest BCUT2D eigenvalue weighted by Gasteiger charge is -2.20. The number of ether oxygens (including phenoxy) is 1. The van der Waals surface area contributed by atoms with Gasteiger partial charge in [-0.3, -0.25) is 4.79 Å². The Balaban J connectivity index is 2.78. The van der Waals surface area contributed by atoms with Gasteiger partial charge in [0, 0.05) is 0 Å². The molecule has 0 amide bonds. The average molecular weight is 256 g/mol. The van der Waals surface area contributed by atoms with Gasteiger partial charge in [-0.1, -0.05) is 6.07 Å². The Hall–Kier alpha value is -1.62. The van der Waals surface area contributed by atoms with Gasteiger partial charge in [-0.2, -0.15) is 0 Å². The van der Waals surface area contributed by atoms with Gasteiger partial charge in [0.2, 0.25) is 0 Å². The van der Waals surface area contributed by atoms with E-state index in [4.69, 9.17) is 9.84 Å². The van der Waals surface area contributed by atoms with Crippen molar-refractivity contribution in [2.24, 2.45) is 5.41 Å².